The summed E-state index contributed by atoms with van der Waals surface area (Å²) in [4.78, 5) is 0. The minimum Gasteiger partial charge on any atom is -0.388 e. The van der Waals surface area contributed by atoms with Gasteiger partial charge in [-0.05, 0) is 79.9 Å². The Morgan fingerprint density at radius 2 is 1.79 bits per heavy atom. The molecule has 0 aliphatic heterocycles. The lowest BCUT2D eigenvalue weighted by Gasteiger charge is -2.18. The van der Waals surface area contributed by atoms with Gasteiger partial charge >= 0.3 is 0 Å². The molecule has 3 fully saturated rings. The van der Waals surface area contributed by atoms with Crippen molar-refractivity contribution in [2.24, 2.45) is 29.6 Å². The number of hydrogen-bond donors (Lipinski definition) is 1. The van der Waals surface area contributed by atoms with Gasteiger partial charge in [-0.15, -0.1) is 0 Å². The molecule has 0 amide bonds. The number of fused-ring (bicyclic) bond motifs is 5. The fourth-order valence-electron chi connectivity index (χ4n) is 5.31. The van der Waals surface area contributed by atoms with E-state index in [0.717, 1.165) is 23.0 Å². The monoisotopic (exact) mass is 260 g/mol. The lowest BCUT2D eigenvalue weighted by Crippen LogP contribution is -2.11. The number of rotatable bonds is 2. The van der Waals surface area contributed by atoms with Gasteiger partial charge in [-0.25, -0.2) is 4.39 Å². The third-order valence-corrected chi connectivity index (χ3v) is 5.94. The first kappa shape index (κ1) is 11.9. The number of aryl methyl sites for hydroxylation is 2. The van der Waals surface area contributed by atoms with E-state index < -0.39 is 6.10 Å². The van der Waals surface area contributed by atoms with Crippen LogP contribution in [0.25, 0.3) is 0 Å². The Balaban J connectivity index is 1.64. The first-order chi connectivity index (χ1) is 9.08. The molecule has 1 N–H and O–H groups in total. The highest BCUT2D eigenvalue weighted by Crippen LogP contribution is 2.72. The Kier molecular flexibility index (Phi) is 2.39. The molecule has 0 radical (unpaired) electrons. The molecule has 2 bridgehead atoms. The van der Waals surface area contributed by atoms with Gasteiger partial charge in [0.25, 0.3) is 0 Å². The molecule has 19 heavy (non-hydrogen) atoms. The molecule has 0 heterocycles. The van der Waals surface area contributed by atoms with Gasteiger partial charge in [-0.3, -0.25) is 0 Å². The van der Waals surface area contributed by atoms with Crippen molar-refractivity contribution >= 4 is 0 Å². The Morgan fingerprint density at radius 1 is 1.16 bits per heavy atom. The average Bonchev–Trinajstić information content (AvgIpc) is 2.77. The number of aliphatic hydroxyl groups excluding tert-OH is 1. The fraction of sp³-hybridized carbons (Fsp3) is 0.647. The van der Waals surface area contributed by atoms with Crippen molar-refractivity contribution in [3.63, 3.8) is 0 Å². The van der Waals surface area contributed by atoms with Crippen molar-refractivity contribution in [2.75, 3.05) is 0 Å². The molecule has 3 aliphatic carbocycles. The van der Waals surface area contributed by atoms with Gasteiger partial charge in [0.1, 0.15) is 5.82 Å². The standard InChI is InChI=1S/C17H21FO/c1-8-5-9(2)13(12(18)6-8)17(19)16-14-10-3-4-11(7-10)15(14)16/h5-6,10-11,14-17,19H,3-4,7H2,1-2H3. The zero-order valence-electron chi connectivity index (χ0n) is 11.6. The molecule has 5 unspecified atom stereocenters. The van der Waals surface area contributed by atoms with Crippen LogP contribution in [0.2, 0.25) is 0 Å². The average molecular weight is 260 g/mol. The summed E-state index contributed by atoms with van der Waals surface area (Å²) in [7, 11) is 0. The van der Waals surface area contributed by atoms with Crippen LogP contribution in [0.15, 0.2) is 12.1 Å². The molecule has 102 valence electrons. The van der Waals surface area contributed by atoms with Gasteiger partial charge in [0.15, 0.2) is 0 Å². The summed E-state index contributed by atoms with van der Waals surface area (Å²) < 4.78 is 14.2. The van der Waals surface area contributed by atoms with Crippen LogP contribution in [0, 0.1) is 49.3 Å². The summed E-state index contributed by atoms with van der Waals surface area (Å²) in [6, 6.07) is 3.53. The van der Waals surface area contributed by atoms with Gasteiger partial charge in [0.2, 0.25) is 0 Å². The van der Waals surface area contributed by atoms with E-state index in [1.54, 1.807) is 6.07 Å². The molecule has 3 saturated carbocycles. The number of hydrogen-bond acceptors (Lipinski definition) is 1. The quantitative estimate of drug-likeness (QED) is 0.858. The predicted octanol–water partition coefficient (Wildman–Crippen LogP) is 3.77. The van der Waals surface area contributed by atoms with Crippen LogP contribution in [0.4, 0.5) is 4.39 Å². The summed E-state index contributed by atoms with van der Waals surface area (Å²) in [5.41, 5.74) is 2.40. The van der Waals surface area contributed by atoms with E-state index in [4.69, 9.17) is 0 Å². The maximum absolute atomic E-state index is 14.2. The lowest BCUT2D eigenvalue weighted by atomic mass is 9.92. The summed E-state index contributed by atoms with van der Waals surface area (Å²) in [5.74, 6) is 3.14. The summed E-state index contributed by atoms with van der Waals surface area (Å²) in [6.07, 6.45) is 3.46. The molecule has 0 saturated heterocycles. The summed E-state index contributed by atoms with van der Waals surface area (Å²) in [5, 5.41) is 10.6. The third kappa shape index (κ3) is 1.56. The van der Waals surface area contributed by atoms with Crippen LogP contribution >= 0.6 is 0 Å². The van der Waals surface area contributed by atoms with E-state index in [-0.39, 0.29) is 5.82 Å². The predicted molar refractivity (Wildman–Crippen MR) is 72.1 cm³/mol. The van der Waals surface area contributed by atoms with E-state index in [0.29, 0.717) is 23.3 Å². The maximum Gasteiger partial charge on any atom is 0.129 e. The number of aliphatic hydroxyl groups is 1. The van der Waals surface area contributed by atoms with Gasteiger partial charge in [0.05, 0.1) is 6.10 Å². The Hall–Kier alpha value is -0.890. The second-order valence-electron chi connectivity index (χ2n) is 6.99. The van der Waals surface area contributed by atoms with Gasteiger partial charge < -0.3 is 5.11 Å². The van der Waals surface area contributed by atoms with E-state index in [2.05, 4.69) is 0 Å². The van der Waals surface area contributed by atoms with Crippen molar-refractivity contribution in [1.82, 2.24) is 0 Å². The van der Waals surface area contributed by atoms with E-state index in [1.807, 2.05) is 19.9 Å². The van der Waals surface area contributed by atoms with Crippen molar-refractivity contribution < 1.29 is 9.50 Å². The van der Waals surface area contributed by atoms with Crippen LogP contribution in [0.5, 0.6) is 0 Å². The highest BCUT2D eigenvalue weighted by molar-refractivity contribution is 5.35. The largest absolute Gasteiger partial charge is 0.388 e. The molecule has 1 nitrogen and oxygen atoms in total. The minimum absolute atomic E-state index is 0.220. The van der Waals surface area contributed by atoms with Crippen LogP contribution in [-0.4, -0.2) is 5.11 Å². The molecular formula is C17H21FO. The molecule has 4 rings (SSSR count). The van der Waals surface area contributed by atoms with Crippen LogP contribution in [0.3, 0.4) is 0 Å². The summed E-state index contributed by atoms with van der Waals surface area (Å²) >= 11 is 0. The highest BCUT2D eigenvalue weighted by Gasteiger charge is 2.67. The second-order valence-corrected chi connectivity index (χ2v) is 6.99. The lowest BCUT2D eigenvalue weighted by molar-refractivity contribution is 0.125. The molecule has 0 aromatic heterocycles. The Labute approximate surface area is 113 Å². The van der Waals surface area contributed by atoms with Crippen molar-refractivity contribution in [1.29, 1.82) is 0 Å². The van der Waals surface area contributed by atoms with Crippen molar-refractivity contribution in [3.05, 3.63) is 34.6 Å². The number of benzene rings is 1. The van der Waals surface area contributed by atoms with Crippen LogP contribution in [0.1, 0.15) is 42.1 Å². The third-order valence-electron chi connectivity index (χ3n) is 5.94. The van der Waals surface area contributed by atoms with E-state index in [9.17, 15) is 9.50 Å². The smallest absolute Gasteiger partial charge is 0.129 e. The molecule has 1 aromatic rings. The maximum atomic E-state index is 14.2. The van der Waals surface area contributed by atoms with Crippen molar-refractivity contribution in [3.8, 4) is 0 Å². The summed E-state index contributed by atoms with van der Waals surface area (Å²) in [6.45, 7) is 3.82. The number of halogens is 1. The molecule has 5 atom stereocenters. The molecule has 3 aliphatic rings. The van der Waals surface area contributed by atoms with Gasteiger partial charge in [-0.2, -0.15) is 0 Å². The second kappa shape index (κ2) is 3.82. The molecular weight excluding hydrogens is 239 g/mol. The normalized spacial score (nSPS) is 40.3. The zero-order valence-corrected chi connectivity index (χ0v) is 11.6. The SMILES string of the molecule is Cc1cc(C)c(C(O)C2C3C4CCC(C4)C32)c(F)c1. The highest BCUT2D eigenvalue weighted by atomic mass is 19.1. The van der Waals surface area contributed by atoms with E-state index >= 15 is 0 Å². The molecule has 0 spiro atoms. The fourth-order valence-corrected chi connectivity index (χ4v) is 5.31. The van der Waals surface area contributed by atoms with Gasteiger partial charge in [-0.1, -0.05) is 6.07 Å². The van der Waals surface area contributed by atoms with Crippen LogP contribution < -0.4 is 0 Å². The Morgan fingerprint density at radius 3 is 2.37 bits per heavy atom. The van der Waals surface area contributed by atoms with Gasteiger partial charge in [0, 0.05) is 5.56 Å². The topological polar surface area (TPSA) is 20.2 Å². The van der Waals surface area contributed by atoms with E-state index in [1.165, 1.54) is 19.3 Å². The minimum atomic E-state index is -0.584. The Bertz CT molecular complexity index is 499. The first-order valence-corrected chi connectivity index (χ1v) is 7.52. The molecule has 2 heteroatoms. The van der Waals surface area contributed by atoms with Crippen LogP contribution in [-0.2, 0) is 0 Å². The van der Waals surface area contributed by atoms with Crippen molar-refractivity contribution in [2.45, 2.75) is 39.2 Å². The molecule has 1 aromatic carbocycles. The zero-order chi connectivity index (χ0) is 13.3. The first-order valence-electron chi connectivity index (χ1n) is 7.52.